The van der Waals surface area contributed by atoms with Crippen molar-refractivity contribution in [2.75, 3.05) is 6.61 Å². The summed E-state index contributed by atoms with van der Waals surface area (Å²) in [4.78, 5) is 0. The monoisotopic (exact) mass is 430 g/mol. The summed E-state index contributed by atoms with van der Waals surface area (Å²) >= 11 is 0. The van der Waals surface area contributed by atoms with Crippen molar-refractivity contribution in [1.29, 1.82) is 0 Å². The first kappa shape index (κ1) is 21.5. The number of phenolic OH excluding ortho intramolecular Hbond substituents is 2. The average molecular weight is 431 g/mol. The van der Waals surface area contributed by atoms with Crippen molar-refractivity contribution in [3.63, 3.8) is 0 Å². The Morgan fingerprint density at radius 1 is 0.968 bits per heavy atom. The summed E-state index contributed by atoms with van der Waals surface area (Å²) < 4.78 is 6.06. The Kier molecular flexibility index (Phi) is 4.76. The number of benzene rings is 1. The third-order valence-corrected chi connectivity index (χ3v) is 10.4. The first-order valence-corrected chi connectivity index (χ1v) is 12.1. The fourth-order valence-electron chi connectivity index (χ4n) is 8.88. The van der Waals surface area contributed by atoms with E-state index in [1.165, 1.54) is 6.07 Å². The number of aliphatic hydroxyl groups is 2. The lowest BCUT2D eigenvalue weighted by atomic mass is 9.37. The number of hydrogen-bond acceptors (Lipinski definition) is 5. The predicted molar refractivity (Wildman–Crippen MR) is 117 cm³/mol. The highest BCUT2D eigenvalue weighted by atomic mass is 16.6. The zero-order chi connectivity index (χ0) is 22.2. The van der Waals surface area contributed by atoms with Crippen LogP contribution in [0.4, 0.5) is 0 Å². The molecule has 1 aromatic rings. The molecule has 4 fully saturated rings. The molecule has 8 atom stereocenters. The molecule has 4 N–H and O–H groups in total. The van der Waals surface area contributed by atoms with Gasteiger partial charge in [-0.1, -0.05) is 20.3 Å². The molecule has 2 bridgehead atoms. The molecule has 5 heteroatoms. The minimum absolute atomic E-state index is 0.0261. The first-order chi connectivity index (χ1) is 14.5. The van der Waals surface area contributed by atoms with E-state index in [0.29, 0.717) is 30.4 Å². The summed E-state index contributed by atoms with van der Waals surface area (Å²) in [5.41, 5.74) is -0.360. The van der Waals surface area contributed by atoms with Gasteiger partial charge in [0.15, 0.2) is 6.29 Å². The highest BCUT2D eigenvalue weighted by molar-refractivity contribution is 5.39. The van der Waals surface area contributed by atoms with Gasteiger partial charge in [0.2, 0.25) is 0 Å². The summed E-state index contributed by atoms with van der Waals surface area (Å²) in [5, 5.41) is 42.8. The predicted octanol–water partition coefficient (Wildman–Crippen LogP) is 4.36. The molecular formula is C26H38O5. The number of phenols is 2. The van der Waals surface area contributed by atoms with Crippen LogP contribution in [0.2, 0.25) is 0 Å². The van der Waals surface area contributed by atoms with Crippen molar-refractivity contribution in [1.82, 2.24) is 0 Å². The number of hydrogen-bond donors (Lipinski definition) is 4. The highest BCUT2D eigenvalue weighted by Gasteiger charge is 2.69. The molecule has 5 nitrogen and oxygen atoms in total. The summed E-state index contributed by atoms with van der Waals surface area (Å²) in [7, 11) is 0. The first-order valence-electron chi connectivity index (χ1n) is 12.1. The van der Waals surface area contributed by atoms with E-state index >= 15 is 0 Å². The van der Waals surface area contributed by atoms with Crippen LogP contribution in [-0.2, 0) is 11.2 Å². The van der Waals surface area contributed by atoms with E-state index in [4.69, 9.17) is 4.74 Å². The van der Waals surface area contributed by atoms with Gasteiger partial charge in [0, 0.05) is 10.8 Å². The zero-order valence-electron chi connectivity index (χ0n) is 19.1. The normalized spacial score (nSPS) is 49.2. The second-order valence-electron chi connectivity index (χ2n) is 11.9. The molecule has 1 aliphatic heterocycles. The minimum Gasteiger partial charge on any atom is -0.508 e. The quantitative estimate of drug-likeness (QED) is 0.524. The van der Waals surface area contributed by atoms with Crippen LogP contribution >= 0.6 is 0 Å². The molecule has 0 spiro atoms. The lowest BCUT2D eigenvalue weighted by molar-refractivity contribution is -0.327. The van der Waals surface area contributed by atoms with Crippen molar-refractivity contribution in [3.05, 3.63) is 23.8 Å². The van der Waals surface area contributed by atoms with E-state index < -0.39 is 11.9 Å². The Bertz CT molecular complexity index is 867. The van der Waals surface area contributed by atoms with Crippen LogP contribution in [0.25, 0.3) is 0 Å². The maximum atomic E-state index is 11.6. The van der Waals surface area contributed by atoms with E-state index in [-0.39, 0.29) is 33.7 Å². The van der Waals surface area contributed by atoms with Gasteiger partial charge in [-0.05, 0) is 98.8 Å². The minimum atomic E-state index is -0.834. The molecule has 0 aromatic heterocycles. The van der Waals surface area contributed by atoms with E-state index in [2.05, 4.69) is 13.8 Å². The van der Waals surface area contributed by atoms with Crippen molar-refractivity contribution < 1.29 is 25.2 Å². The molecule has 1 aromatic carbocycles. The van der Waals surface area contributed by atoms with Gasteiger partial charge >= 0.3 is 0 Å². The summed E-state index contributed by atoms with van der Waals surface area (Å²) in [5.74, 6) is 1.16. The van der Waals surface area contributed by atoms with Crippen molar-refractivity contribution in [3.8, 4) is 11.5 Å². The van der Waals surface area contributed by atoms with Crippen LogP contribution < -0.4 is 0 Å². The third kappa shape index (κ3) is 2.92. The van der Waals surface area contributed by atoms with Crippen LogP contribution in [0.1, 0.15) is 71.3 Å². The number of aromatic hydroxyl groups is 2. The fourth-order valence-corrected chi connectivity index (χ4v) is 8.88. The Labute approximate surface area is 185 Å². The summed E-state index contributed by atoms with van der Waals surface area (Å²) in [6.07, 6.45) is 6.88. The van der Waals surface area contributed by atoms with Gasteiger partial charge in [-0.3, -0.25) is 0 Å². The van der Waals surface area contributed by atoms with Gasteiger partial charge in [0.05, 0.1) is 12.2 Å². The lowest BCUT2D eigenvalue weighted by Crippen LogP contribution is -2.68. The molecule has 1 saturated heterocycles. The second kappa shape index (κ2) is 6.85. The van der Waals surface area contributed by atoms with E-state index in [1.54, 1.807) is 12.1 Å². The molecule has 5 rings (SSSR count). The van der Waals surface area contributed by atoms with Gasteiger partial charge in [-0.25, -0.2) is 0 Å². The molecule has 31 heavy (non-hydrogen) atoms. The van der Waals surface area contributed by atoms with E-state index in [1.807, 2.05) is 6.92 Å². The molecule has 3 aliphatic carbocycles. The molecule has 172 valence electrons. The van der Waals surface area contributed by atoms with E-state index in [9.17, 15) is 20.4 Å². The maximum absolute atomic E-state index is 11.6. The summed E-state index contributed by atoms with van der Waals surface area (Å²) in [6.45, 7) is 7.13. The maximum Gasteiger partial charge on any atom is 0.160 e. The Morgan fingerprint density at radius 2 is 1.68 bits per heavy atom. The van der Waals surface area contributed by atoms with Crippen molar-refractivity contribution in [2.24, 2.45) is 34.0 Å². The Balaban J connectivity index is 1.55. The Hall–Kier alpha value is -1.30. The van der Waals surface area contributed by atoms with Gasteiger partial charge < -0.3 is 25.2 Å². The molecular weight excluding hydrogens is 392 g/mol. The number of aliphatic hydroxyl groups excluding tert-OH is 1. The van der Waals surface area contributed by atoms with Gasteiger partial charge in [-0.2, -0.15) is 0 Å². The molecule has 0 radical (unpaired) electrons. The van der Waals surface area contributed by atoms with Gasteiger partial charge in [0.25, 0.3) is 0 Å². The SMILES string of the molecule is C[C@@]12CCC[C@@]3(CO[C@@H]1O)[C@H]2CC[C@]1(C)[C@@H]3CC[C@](C)(O)[C@H]1Cc1cc(O)ccc1O. The largest absolute Gasteiger partial charge is 0.508 e. The van der Waals surface area contributed by atoms with Crippen LogP contribution in [0, 0.1) is 34.0 Å². The molecule has 1 heterocycles. The second-order valence-corrected chi connectivity index (χ2v) is 11.9. The molecule has 0 unspecified atom stereocenters. The topological polar surface area (TPSA) is 90.2 Å². The zero-order valence-corrected chi connectivity index (χ0v) is 19.1. The number of ether oxygens (including phenoxy) is 1. The molecule has 4 aliphatic rings. The average Bonchev–Trinajstić information content (AvgIpc) is 2.70. The number of rotatable bonds is 2. The standard InChI is InChI=1S/C26H38O5/c1-23-11-7-20-24(2)9-4-10-26(20,15-31-22(24)29)19(23)8-12-25(3,30)21(23)14-16-13-17(27)5-6-18(16)28/h5-6,13,19-22,27-30H,4,7-12,14-15H2,1-3H3/t19-,20-,21-,22-,23+,24-,25-,26-/m0/s1. The van der Waals surface area contributed by atoms with Gasteiger partial charge in [-0.15, -0.1) is 0 Å². The smallest absolute Gasteiger partial charge is 0.160 e. The van der Waals surface area contributed by atoms with Crippen LogP contribution in [0.3, 0.4) is 0 Å². The van der Waals surface area contributed by atoms with E-state index in [0.717, 1.165) is 44.9 Å². The van der Waals surface area contributed by atoms with Gasteiger partial charge in [0.1, 0.15) is 11.5 Å². The summed E-state index contributed by atoms with van der Waals surface area (Å²) in [6, 6.07) is 4.68. The van der Waals surface area contributed by atoms with Crippen molar-refractivity contribution in [2.45, 2.75) is 84.0 Å². The molecule has 3 saturated carbocycles. The van der Waals surface area contributed by atoms with Crippen LogP contribution in [-0.4, -0.2) is 38.9 Å². The third-order valence-electron chi connectivity index (χ3n) is 10.4. The Morgan fingerprint density at radius 3 is 2.45 bits per heavy atom. The van der Waals surface area contributed by atoms with Crippen LogP contribution in [0.5, 0.6) is 11.5 Å². The molecule has 0 amide bonds. The fraction of sp³-hybridized carbons (Fsp3) is 0.769. The number of fused-ring (bicyclic) bond motifs is 1. The van der Waals surface area contributed by atoms with Crippen molar-refractivity contribution >= 4 is 0 Å². The highest BCUT2D eigenvalue weighted by Crippen LogP contribution is 2.72. The van der Waals surface area contributed by atoms with Crippen LogP contribution in [0.15, 0.2) is 18.2 Å². The lowest BCUT2D eigenvalue weighted by Gasteiger charge is -2.70.